The topological polar surface area (TPSA) is 3.24 Å². The minimum atomic E-state index is 0.382. The monoisotopic (exact) mass is 527 g/mol. The van der Waals surface area contributed by atoms with Crippen LogP contribution in [0, 0.1) is 0 Å². The largest absolute Gasteiger partial charge is 0.311 e. The summed E-state index contributed by atoms with van der Waals surface area (Å²) < 4.78 is 0. The first-order valence-electron chi connectivity index (χ1n) is 14.1. The fourth-order valence-corrected chi connectivity index (χ4v) is 5.57. The lowest BCUT2D eigenvalue weighted by Gasteiger charge is -2.30. The zero-order valence-corrected chi connectivity index (χ0v) is 23.2. The van der Waals surface area contributed by atoms with E-state index in [4.69, 9.17) is 0 Å². The van der Waals surface area contributed by atoms with Gasteiger partial charge in [0, 0.05) is 23.0 Å². The molecule has 5 aromatic carbocycles. The van der Waals surface area contributed by atoms with Crippen molar-refractivity contribution in [2.45, 2.75) is 12.3 Å². The molecule has 0 radical (unpaired) electrons. The predicted octanol–water partition coefficient (Wildman–Crippen LogP) is 11.0. The Balaban J connectivity index is 1.44. The van der Waals surface area contributed by atoms with Crippen molar-refractivity contribution in [3.8, 4) is 11.1 Å². The molecule has 0 fully saturated rings. The minimum absolute atomic E-state index is 0.382. The number of benzene rings is 5. The third-order valence-electron chi connectivity index (χ3n) is 7.68. The van der Waals surface area contributed by atoms with Crippen LogP contribution in [0.4, 0.5) is 11.4 Å². The van der Waals surface area contributed by atoms with E-state index in [1.54, 1.807) is 6.08 Å². The second-order valence-corrected chi connectivity index (χ2v) is 10.3. The minimum Gasteiger partial charge on any atom is -0.311 e. The van der Waals surface area contributed by atoms with Crippen LogP contribution in [0.5, 0.6) is 0 Å². The molecule has 0 heterocycles. The van der Waals surface area contributed by atoms with Crippen LogP contribution in [0.3, 0.4) is 0 Å². The second kappa shape index (κ2) is 11.9. The molecule has 5 aromatic rings. The van der Waals surface area contributed by atoms with E-state index in [9.17, 15) is 0 Å². The van der Waals surface area contributed by atoms with Crippen molar-refractivity contribution >= 4 is 27.7 Å². The van der Waals surface area contributed by atoms with Crippen LogP contribution < -0.4 is 4.90 Å². The molecule has 1 atom stereocenters. The molecule has 0 aromatic heterocycles. The Morgan fingerprint density at radius 3 is 2.20 bits per heavy atom. The average Bonchev–Trinajstić information content (AvgIpc) is 3.05. The fourth-order valence-electron chi connectivity index (χ4n) is 5.57. The summed E-state index contributed by atoms with van der Waals surface area (Å²) in [4.78, 5) is 2.34. The molecule has 198 valence electrons. The van der Waals surface area contributed by atoms with Crippen LogP contribution in [0.15, 0.2) is 177 Å². The van der Waals surface area contributed by atoms with E-state index >= 15 is 0 Å². The first kappa shape index (κ1) is 26.1. The lowest BCUT2D eigenvalue weighted by Crippen LogP contribution is -2.17. The highest BCUT2D eigenvalue weighted by atomic mass is 15.1. The van der Waals surface area contributed by atoms with Gasteiger partial charge in [-0.15, -0.1) is 0 Å². The highest BCUT2D eigenvalue weighted by molar-refractivity contribution is 5.92. The lowest BCUT2D eigenvalue weighted by molar-refractivity contribution is 0.840. The van der Waals surface area contributed by atoms with Crippen molar-refractivity contribution in [3.05, 3.63) is 188 Å². The van der Waals surface area contributed by atoms with Gasteiger partial charge < -0.3 is 4.90 Å². The van der Waals surface area contributed by atoms with Crippen LogP contribution in [0.25, 0.3) is 27.5 Å². The zero-order valence-electron chi connectivity index (χ0n) is 23.2. The van der Waals surface area contributed by atoms with Gasteiger partial charge in [0.1, 0.15) is 0 Å². The van der Waals surface area contributed by atoms with Gasteiger partial charge in [0.05, 0.1) is 0 Å². The number of nitrogens with zero attached hydrogens (tertiary/aromatic N) is 1. The van der Waals surface area contributed by atoms with Crippen LogP contribution in [0.1, 0.15) is 23.5 Å². The summed E-state index contributed by atoms with van der Waals surface area (Å²) >= 11 is 0. The second-order valence-electron chi connectivity index (χ2n) is 10.3. The van der Waals surface area contributed by atoms with E-state index in [2.05, 4.69) is 158 Å². The molecule has 6 rings (SSSR count). The van der Waals surface area contributed by atoms with E-state index in [0.717, 1.165) is 34.5 Å². The van der Waals surface area contributed by atoms with Gasteiger partial charge in [-0.05, 0) is 81.4 Å². The molecule has 41 heavy (non-hydrogen) atoms. The molecule has 1 aliphatic rings. The van der Waals surface area contributed by atoms with Crippen molar-refractivity contribution in [3.63, 3.8) is 0 Å². The fraction of sp³-hybridized carbons (Fsp3) is 0.0500. The smallest absolute Gasteiger partial charge is 0.0468 e. The SMILES string of the molecule is C=C/C=C\C(=C)c1cc(N(C2=CCC(c3ccccc3)C=C2)c2ccccc2)ccc1-c1ccc2ccccc2c1. The molecule has 1 aliphatic carbocycles. The Hall–Kier alpha value is -5.14. The van der Waals surface area contributed by atoms with Gasteiger partial charge in [0.25, 0.3) is 0 Å². The molecule has 0 aliphatic heterocycles. The molecule has 1 heteroatoms. The highest BCUT2D eigenvalue weighted by Crippen LogP contribution is 2.39. The van der Waals surface area contributed by atoms with Crippen molar-refractivity contribution in [2.24, 2.45) is 0 Å². The van der Waals surface area contributed by atoms with E-state index in [1.807, 2.05) is 12.2 Å². The van der Waals surface area contributed by atoms with Gasteiger partial charge in [-0.25, -0.2) is 0 Å². The number of fused-ring (bicyclic) bond motifs is 1. The number of hydrogen-bond acceptors (Lipinski definition) is 1. The summed E-state index contributed by atoms with van der Waals surface area (Å²) in [5.74, 6) is 0.382. The molecule has 0 amide bonds. The van der Waals surface area contributed by atoms with Gasteiger partial charge in [0.15, 0.2) is 0 Å². The Bertz CT molecular complexity index is 1790. The molecule has 0 saturated heterocycles. The summed E-state index contributed by atoms with van der Waals surface area (Å²) in [5, 5.41) is 2.46. The number of para-hydroxylation sites is 1. The summed E-state index contributed by atoms with van der Waals surface area (Å²) in [5.41, 5.74) is 9.10. The van der Waals surface area contributed by atoms with Crippen LogP contribution >= 0.6 is 0 Å². The third kappa shape index (κ3) is 5.62. The summed E-state index contributed by atoms with van der Waals surface area (Å²) in [6.07, 6.45) is 13.7. The highest BCUT2D eigenvalue weighted by Gasteiger charge is 2.19. The molecule has 0 saturated carbocycles. The van der Waals surface area contributed by atoms with Crippen molar-refractivity contribution in [2.75, 3.05) is 4.90 Å². The molecule has 0 N–H and O–H groups in total. The van der Waals surface area contributed by atoms with Gasteiger partial charge in [-0.1, -0.05) is 135 Å². The molecular weight excluding hydrogens is 494 g/mol. The first-order chi connectivity index (χ1) is 20.2. The average molecular weight is 528 g/mol. The Morgan fingerprint density at radius 2 is 1.46 bits per heavy atom. The number of hydrogen-bond donors (Lipinski definition) is 0. The quantitative estimate of drug-likeness (QED) is 0.181. The van der Waals surface area contributed by atoms with Gasteiger partial charge in [-0.2, -0.15) is 0 Å². The molecule has 0 bridgehead atoms. The Morgan fingerprint density at radius 1 is 0.732 bits per heavy atom. The van der Waals surface area contributed by atoms with E-state index in [0.29, 0.717) is 5.92 Å². The number of anilines is 2. The van der Waals surface area contributed by atoms with Crippen LogP contribution in [-0.4, -0.2) is 0 Å². The predicted molar refractivity (Wildman–Crippen MR) is 177 cm³/mol. The van der Waals surface area contributed by atoms with Crippen LogP contribution in [-0.2, 0) is 0 Å². The van der Waals surface area contributed by atoms with Crippen LogP contribution in [0.2, 0.25) is 0 Å². The Kier molecular flexibility index (Phi) is 7.60. The van der Waals surface area contributed by atoms with E-state index in [1.165, 1.54) is 27.6 Å². The normalized spacial score (nSPS) is 14.6. The van der Waals surface area contributed by atoms with E-state index in [-0.39, 0.29) is 0 Å². The van der Waals surface area contributed by atoms with Gasteiger partial charge >= 0.3 is 0 Å². The van der Waals surface area contributed by atoms with Crippen molar-refractivity contribution in [1.82, 2.24) is 0 Å². The lowest BCUT2D eigenvalue weighted by atomic mass is 9.90. The molecular formula is C40H33N. The maximum atomic E-state index is 4.46. The summed E-state index contributed by atoms with van der Waals surface area (Å²) in [6.45, 7) is 8.32. The Labute approximate surface area is 243 Å². The summed E-state index contributed by atoms with van der Waals surface area (Å²) in [7, 11) is 0. The van der Waals surface area contributed by atoms with E-state index < -0.39 is 0 Å². The van der Waals surface area contributed by atoms with Gasteiger partial charge in [0.2, 0.25) is 0 Å². The maximum Gasteiger partial charge on any atom is 0.0468 e. The summed E-state index contributed by atoms with van der Waals surface area (Å²) in [6, 6.07) is 43.2. The first-order valence-corrected chi connectivity index (χ1v) is 14.1. The number of allylic oxidation sites excluding steroid dienone is 7. The molecule has 0 spiro atoms. The number of rotatable bonds is 8. The van der Waals surface area contributed by atoms with Crippen molar-refractivity contribution in [1.29, 1.82) is 0 Å². The zero-order chi connectivity index (χ0) is 28.0. The standard InChI is InChI=1S/C40H33N/c1-3-4-13-30(2)40-29-38(26-27-39(40)35-21-20-32-16-11-12-17-34(32)28-35)41(36-18-9-6-10-19-36)37-24-22-33(23-25-37)31-14-7-5-8-15-31/h3-22,24-29,33H,1-2,23H2/b13-4-. The maximum absolute atomic E-state index is 4.46. The van der Waals surface area contributed by atoms with Gasteiger partial charge in [-0.3, -0.25) is 0 Å². The molecule has 1 nitrogen and oxygen atoms in total. The molecule has 1 unspecified atom stereocenters. The third-order valence-corrected chi connectivity index (χ3v) is 7.68. The van der Waals surface area contributed by atoms with Crippen molar-refractivity contribution < 1.29 is 0 Å².